The summed E-state index contributed by atoms with van der Waals surface area (Å²) in [5.74, 6) is -0.0345. The number of carbonyl (C=O) groups is 2. The van der Waals surface area contributed by atoms with Gasteiger partial charge >= 0.3 is 5.97 Å². The van der Waals surface area contributed by atoms with Gasteiger partial charge in [-0.15, -0.1) is 0 Å². The van der Waals surface area contributed by atoms with Crippen LogP contribution in [0.4, 0.5) is 0 Å². The van der Waals surface area contributed by atoms with E-state index in [1.807, 2.05) is 33.8 Å². The summed E-state index contributed by atoms with van der Waals surface area (Å²) in [7, 11) is 0. The third kappa shape index (κ3) is 3.91. The van der Waals surface area contributed by atoms with Gasteiger partial charge in [0.15, 0.2) is 5.78 Å². The van der Waals surface area contributed by atoms with Gasteiger partial charge in [-0.3, -0.25) is 9.59 Å². The third-order valence-electron chi connectivity index (χ3n) is 3.14. The number of carbonyl (C=O) groups excluding carboxylic acids is 2. The van der Waals surface area contributed by atoms with Gasteiger partial charge in [-0.05, 0) is 46.2 Å². The predicted octanol–water partition coefficient (Wildman–Crippen LogP) is 3.93. The molecule has 0 spiro atoms. The summed E-state index contributed by atoms with van der Waals surface area (Å²) in [6.45, 7) is 9.13. The number of aryl methyl sites for hydroxylation is 1. The zero-order valence-electron chi connectivity index (χ0n) is 12.4. The molecule has 1 aromatic rings. The van der Waals surface area contributed by atoms with Crippen LogP contribution in [0.25, 0.3) is 0 Å². The highest BCUT2D eigenvalue weighted by atomic mass is 16.5. The minimum Gasteiger partial charge on any atom is -0.425 e. The zero-order valence-corrected chi connectivity index (χ0v) is 12.4. The summed E-state index contributed by atoms with van der Waals surface area (Å²) in [5.41, 5.74) is 0.895. The van der Waals surface area contributed by atoms with Crippen molar-refractivity contribution >= 4 is 11.8 Å². The van der Waals surface area contributed by atoms with E-state index in [2.05, 4.69) is 0 Å². The van der Waals surface area contributed by atoms with Crippen LogP contribution in [0, 0.1) is 12.3 Å². The quantitative estimate of drug-likeness (QED) is 0.459. The number of ether oxygens (including phenoxy) is 1. The highest BCUT2D eigenvalue weighted by molar-refractivity contribution is 5.97. The number of esters is 1. The fraction of sp³-hybridized carbons (Fsp3) is 0.500. The Bertz CT molecular complexity index is 487. The van der Waals surface area contributed by atoms with Crippen LogP contribution in [0.1, 0.15) is 56.5 Å². The maximum Gasteiger partial charge on any atom is 0.316 e. The van der Waals surface area contributed by atoms with Crippen molar-refractivity contribution in [2.75, 3.05) is 0 Å². The minimum atomic E-state index is -0.534. The molecule has 0 amide bonds. The molecule has 0 atom stereocenters. The van der Waals surface area contributed by atoms with E-state index in [4.69, 9.17) is 4.74 Å². The topological polar surface area (TPSA) is 43.4 Å². The number of Topliss-reactive ketones (excluding diaryl/α,β-unsaturated/α-hetero) is 1. The Morgan fingerprint density at radius 3 is 2.42 bits per heavy atom. The molecular weight excluding hydrogens is 240 g/mol. The van der Waals surface area contributed by atoms with Crippen molar-refractivity contribution in [3.8, 4) is 5.75 Å². The Morgan fingerprint density at radius 1 is 1.26 bits per heavy atom. The van der Waals surface area contributed by atoms with Crippen molar-refractivity contribution < 1.29 is 14.3 Å². The number of benzene rings is 1. The summed E-state index contributed by atoms with van der Waals surface area (Å²) in [4.78, 5) is 23.7. The summed E-state index contributed by atoms with van der Waals surface area (Å²) in [6, 6.07) is 5.27. The molecule has 0 saturated heterocycles. The first kappa shape index (κ1) is 15.4. The molecule has 0 fully saturated rings. The molecule has 19 heavy (non-hydrogen) atoms. The van der Waals surface area contributed by atoms with Gasteiger partial charge in [-0.25, -0.2) is 0 Å². The van der Waals surface area contributed by atoms with E-state index in [1.54, 1.807) is 12.1 Å². The molecule has 3 heteroatoms. The second-order valence-electron chi connectivity index (χ2n) is 5.58. The van der Waals surface area contributed by atoms with E-state index in [0.29, 0.717) is 11.3 Å². The van der Waals surface area contributed by atoms with Crippen LogP contribution in [0.3, 0.4) is 0 Å². The maximum absolute atomic E-state index is 12.2. The lowest BCUT2D eigenvalue weighted by Crippen LogP contribution is -2.29. The number of ketones is 1. The van der Waals surface area contributed by atoms with Crippen LogP contribution in [-0.4, -0.2) is 11.8 Å². The molecule has 0 aliphatic rings. The van der Waals surface area contributed by atoms with Gasteiger partial charge in [0.2, 0.25) is 0 Å². The van der Waals surface area contributed by atoms with Crippen LogP contribution in [0.15, 0.2) is 18.2 Å². The van der Waals surface area contributed by atoms with Crippen LogP contribution in [0.2, 0.25) is 0 Å². The lowest BCUT2D eigenvalue weighted by molar-refractivity contribution is -0.144. The summed E-state index contributed by atoms with van der Waals surface area (Å²) in [6.07, 6.45) is 1.67. The first-order valence-electron chi connectivity index (χ1n) is 6.62. The molecule has 1 rings (SSSR count). The fourth-order valence-corrected chi connectivity index (χ4v) is 1.97. The maximum atomic E-state index is 12.2. The minimum absolute atomic E-state index is 0.0974. The van der Waals surface area contributed by atoms with Crippen molar-refractivity contribution in [3.63, 3.8) is 0 Å². The third-order valence-corrected chi connectivity index (χ3v) is 3.14. The molecule has 0 N–H and O–H groups in total. The van der Waals surface area contributed by atoms with Gasteiger partial charge in [0.25, 0.3) is 0 Å². The molecule has 104 valence electrons. The van der Waals surface area contributed by atoms with Crippen molar-refractivity contribution in [2.24, 2.45) is 5.41 Å². The van der Waals surface area contributed by atoms with Gasteiger partial charge < -0.3 is 4.74 Å². The normalized spacial score (nSPS) is 11.2. The molecule has 0 heterocycles. The SMILES string of the molecule is CCCC(C)(C)C(=O)Oc1ccc(C)cc1C(C)=O. The predicted molar refractivity (Wildman–Crippen MR) is 75.5 cm³/mol. The lowest BCUT2D eigenvalue weighted by atomic mass is 9.88. The molecule has 0 unspecified atom stereocenters. The fourth-order valence-electron chi connectivity index (χ4n) is 1.97. The monoisotopic (exact) mass is 262 g/mol. The van der Waals surface area contributed by atoms with Crippen LogP contribution in [0.5, 0.6) is 5.75 Å². The first-order valence-corrected chi connectivity index (χ1v) is 6.62. The Hall–Kier alpha value is -1.64. The van der Waals surface area contributed by atoms with Crippen molar-refractivity contribution in [1.82, 2.24) is 0 Å². The molecule has 1 aromatic carbocycles. The van der Waals surface area contributed by atoms with Crippen LogP contribution >= 0.6 is 0 Å². The smallest absolute Gasteiger partial charge is 0.316 e. The highest BCUT2D eigenvalue weighted by Crippen LogP contribution is 2.27. The van der Waals surface area contributed by atoms with E-state index >= 15 is 0 Å². The summed E-state index contributed by atoms with van der Waals surface area (Å²) >= 11 is 0. The number of hydrogen-bond acceptors (Lipinski definition) is 3. The largest absolute Gasteiger partial charge is 0.425 e. The van der Waals surface area contributed by atoms with Crippen LogP contribution in [-0.2, 0) is 4.79 Å². The Labute approximate surface area is 115 Å². The van der Waals surface area contributed by atoms with Gasteiger partial charge in [-0.1, -0.05) is 25.0 Å². The van der Waals surface area contributed by atoms with Crippen molar-refractivity contribution in [2.45, 2.75) is 47.5 Å². The van der Waals surface area contributed by atoms with E-state index in [1.165, 1.54) is 6.92 Å². The van der Waals surface area contributed by atoms with Gasteiger partial charge in [0.05, 0.1) is 11.0 Å². The average Bonchev–Trinajstić information content (AvgIpc) is 2.30. The second kappa shape index (κ2) is 6.00. The summed E-state index contributed by atoms with van der Waals surface area (Å²) in [5, 5.41) is 0. The Morgan fingerprint density at radius 2 is 1.89 bits per heavy atom. The molecular formula is C16H22O3. The van der Waals surface area contributed by atoms with Crippen LogP contribution < -0.4 is 4.74 Å². The highest BCUT2D eigenvalue weighted by Gasteiger charge is 2.29. The molecule has 0 aliphatic heterocycles. The Balaban J connectivity index is 3.00. The van der Waals surface area contributed by atoms with E-state index in [0.717, 1.165) is 18.4 Å². The zero-order chi connectivity index (χ0) is 14.6. The molecule has 0 aromatic heterocycles. The van der Waals surface area contributed by atoms with E-state index in [-0.39, 0.29) is 11.8 Å². The van der Waals surface area contributed by atoms with E-state index < -0.39 is 5.41 Å². The molecule has 0 radical (unpaired) electrons. The second-order valence-corrected chi connectivity index (χ2v) is 5.58. The molecule has 3 nitrogen and oxygen atoms in total. The molecule has 0 aliphatic carbocycles. The lowest BCUT2D eigenvalue weighted by Gasteiger charge is -2.22. The van der Waals surface area contributed by atoms with Crippen molar-refractivity contribution in [1.29, 1.82) is 0 Å². The van der Waals surface area contributed by atoms with Crippen molar-refractivity contribution in [3.05, 3.63) is 29.3 Å². The van der Waals surface area contributed by atoms with Gasteiger partial charge in [0.1, 0.15) is 5.75 Å². The van der Waals surface area contributed by atoms with Gasteiger partial charge in [-0.2, -0.15) is 0 Å². The Kier molecular flexibility index (Phi) is 4.87. The standard InChI is InChI=1S/C16H22O3/c1-6-9-16(4,5)15(18)19-14-8-7-11(2)10-13(14)12(3)17/h7-8,10H,6,9H2,1-5H3. The summed E-state index contributed by atoms with van der Waals surface area (Å²) < 4.78 is 5.42. The average molecular weight is 262 g/mol. The number of rotatable bonds is 5. The molecule has 0 bridgehead atoms. The number of hydrogen-bond donors (Lipinski definition) is 0. The first-order chi connectivity index (χ1) is 8.77. The van der Waals surface area contributed by atoms with Gasteiger partial charge in [0, 0.05) is 0 Å². The molecule has 0 saturated carbocycles. The van der Waals surface area contributed by atoms with E-state index in [9.17, 15) is 9.59 Å².